The topological polar surface area (TPSA) is 119 Å². The molecule has 0 aliphatic heterocycles. The van der Waals surface area contributed by atoms with E-state index >= 15 is 0 Å². The summed E-state index contributed by atoms with van der Waals surface area (Å²) in [6.45, 7) is 3.39. The highest BCUT2D eigenvalue weighted by molar-refractivity contribution is 7.18. The monoisotopic (exact) mass is 395 g/mol. The first-order valence-electron chi connectivity index (χ1n) is 8.39. The number of carbonyl (C=O) groups is 4. The highest BCUT2D eigenvalue weighted by atomic mass is 32.1. The first-order chi connectivity index (χ1) is 12.8. The van der Waals surface area contributed by atoms with Crippen molar-refractivity contribution in [3.63, 3.8) is 0 Å². The number of aliphatic carboxylic acids is 1. The third-order valence-corrected chi connectivity index (χ3v) is 5.51. The fourth-order valence-corrected chi connectivity index (χ4v) is 4.01. The van der Waals surface area contributed by atoms with Crippen LogP contribution in [-0.2, 0) is 19.1 Å². The normalized spacial score (nSPS) is 18.6. The molecule has 8 nitrogen and oxygen atoms in total. The molecule has 0 unspecified atom stereocenters. The molecule has 27 heavy (non-hydrogen) atoms. The van der Waals surface area contributed by atoms with Gasteiger partial charge in [-0.1, -0.05) is 12.2 Å². The molecule has 1 aromatic rings. The van der Waals surface area contributed by atoms with E-state index in [-0.39, 0.29) is 34.9 Å². The Morgan fingerprint density at radius 3 is 2.37 bits per heavy atom. The predicted molar refractivity (Wildman–Crippen MR) is 98.0 cm³/mol. The minimum Gasteiger partial charge on any atom is -0.481 e. The SMILES string of the molecule is CCOC(=O)c1sc(NC(=O)[C@H]2CC=CC[C@@H]2C(=O)O)c(C(=O)OC)c1C. The zero-order valence-corrected chi connectivity index (χ0v) is 16.1. The number of ether oxygens (including phenoxy) is 2. The van der Waals surface area contributed by atoms with Crippen LogP contribution in [-0.4, -0.2) is 42.6 Å². The average molecular weight is 395 g/mol. The summed E-state index contributed by atoms with van der Waals surface area (Å²) < 4.78 is 9.74. The number of carboxylic acids is 1. The summed E-state index contributed by atoms with van der Waals surface area (Å²) in [7, 11) is 1.20. The first kappa shape index (κ1) is 20.6. The number of esters is 2. The Morgan fingerprint density at radius 1 is 1.19 bits per heavy atom. The van der Waals surface area contributed by atoms with Crippen LogP contribution in [0.1, 0.15) is 45.4 Å². The Labute approximate surface area is 160 Å². The molecule has 0 aromatic carbocycles. The second kappa shape index (κ2) is 8.81. The van der Waals surface area contributed by atoms with Crippen molar-refractivity contribution in [2.75, 3.05) is 19.0 Å². The smallest absolute Gasteiger partial charge is 0.348 e. The van der Waals surface area contributed by atoms with Crippen LogP contribution in [0, 0.1) is 18.8 Å². The predicted octanol–water partition coefficient (Wildman–Crippen LogP) is 2.63. The van der Waals surface area contributed by atoms with Gasteiger partial charge < -0.3 is 19.9 Å². The summed E-state index contributed by atoms with van der Waals surface area (Å²) in [6, 6.07) is 0. The fraction of sp³-hybridized carbons (Fsp3) is 0.444. The van der Waals surface area contributed by atoms with Gasteiger partial charge in [0, 0.05) is 0 Å². The third kappa shape index (κ3) is 4.36. The van der Waals surface area contributed by atoms with Gasteiger partial charge in [-0.3, -0.25) is 9.59 Å². The molecule has 0 bridgehead atoms. The lowest BCUT2D eigenvalue weighted by Gasteiger charge is -2.24. The largest absolute Gasteiger partial charge is 0.481 e. The standard InChI is InChI=1S/C18H21NO7S/c1-4-26-18(24)13-9(2)12(17(23)25-3)15(27-13)19-14(20)10-7-5-6-8-11(10)16(21)22/h5-6,10-11H,4,7-8H2,1-3H3,(H,19,20)(H,21,22)/t10-,11-/m0/s1. The van der Waals surface area contributed by atoms with Crippen molar-refractivity contribution in [3.05, 3.63) is 28.2 Å². The summed E-state index contributed by atoms with van der Waals surface area (Å²) in [4.78, 5) is 48.6. The first-order valence-corrected chi connectivity index (χ1v) is 9.20. The second-order valence-corrected chi connectivity index (χ2v) is 6.98. The van der Waals surface area contributed by atoms with Gasteiger partial charge in [0.15, 0.2) is 0 Å². The van der Waals surface area contributed by atoms with Gasteiger partial charge in [0.05, 0.1) is 31.1 Å². The van der Waals surface area contributed by atoms with Crippen LogP contribution in [0.5, 0.6) is 0 Å². The van der Waals surface area contributed by atoms with E-state index in [9.17, 15) is 24.3 Å². The minimum absolute atomic E-state index is 0.0668. The fourth-order valence-electron chi connectivity index (χ4n) is 2.92. The Kier molecular flexibility index (Phi) is 6.73. The minimum atomic E-state index is -1.05. The lowest BCUT2D eigenvalue weighted by Crippen LogP contribution is -2.34. The van der Waals surface area contributed by atoms with Crippen molar-refractivity contribution >= 4 is 40.2 Å². The van der Waals surface area contributed by atoms with Crippen molar-refractivity contribution in [3.8, 4) is 0 Å². The van der Waals surface area contributed by atoms with Crippen molar-refractivity contribution in [2.45, 2.75) is 26.7 Å². The zero-order chi connectivity index (χ0) is 20.1. The summed E-state index contributed by atoms with van der Waals surface area (Å²) in [5, 5.41) is 12.1. The van der Waals surface area contributed by atoms with Crippen molar-refractivity contribution in [1.29, 1.82) is 0 Å². The van der Waals surface area contributed by atoms with Crippen LogP contribution >= 0.6 is 11.3 Å². The zero-order valence-electron chi connectivity index (χ0n) is 15.2. The summed E-state index contributed by atoms with van der Waals surface area (Å²) in [5.41, 5.74) is 0.413. The van der Waals surface area contributed by atoms with Gasteiger partial charge >= 0.3 is 17.9 Å². The lowest BCUT2D eigenvalue weighted by molar-refractivity contribution is -0.146. The molecular formula is C18H21NO7S. The van der Waals surface area contributed by atoms with Crippen molar-refractivity contribution in [1.82, 2.24) is 0 Å². The van der Waals surface area contributed by atoms with Gasteiger partial charge in [-0.2, -0.15) is 0 Å². The Morgan fingerprint density at radius 2 is 1.81 bits per heavy atom. The number of anilines is 1. The van der Waals surface area contributed by atoms with Crippen molar-refractivity contribution in [2.24, 2.45) is 11.8 Å². The van der Waals surface area contributed by atoms with Crippen LogP contribution in [0.25, 0.3) is 0 Å². The lowest BCUT2D eigenvalue weighted by atomic mass is 9.82. The number of rotatable bonds is 6. The van der Waals surface area contributed by atoms with E-state index in [1.165, 1.54) is 7.11 Å². The van der Waals surface area contributed by atoms with E-state index < -0.39 is 35.7 Å². The Bertz CT molecular complexity index is 796. The van der Waals surface area contributed by atoms with Crippen molar-refractivity contribution < 1.29 is 33.8 Å². The second-order valence-electron chi connectivity index (χ2n) is 5.96. The molecule has 9 heteroatoms. The van der Waals surface area contributed by atoms with E-state index in [2.05, 4.69) is 5.32 Å². The molecule has 0 fully saturated rings. The summed E-state index contributed by atoms with van der Waals surface area (Å²) in [6.07, 6.45) is 4.03. The van der Waals surface area contributed by atoms with E-state index in [0.717, 1.165) is 11.3 Å². The van der Waals surface area contributed by atoms with Crippen LogP contribution in [0.2, 0.25) is 0 Å². The summed E-state index contributed by atoms with van der Waals surface area (Å²) in [5.74, 6) is -4.49. The number of carboxylic acid groups (broad SMARTS) is 1. The Hall–Kier alpha value is -2.68. The van der Waals surface area contributed by atoms with Gasteiger partial charge in [0.25, 0.3) is 0 Å². The average Bonchev–Trinajstić information content (AvgIpc) is 2.97. The molecule has 1 aromatic heterocycles. The van der Waals surface area contributed by atoms with Gasteiger partial charge in [-0.25, -0.2) is 9.59 Å². The highest BCUT2D eigenvalue weighted by Gasteiger charge is 2.35. The van der Waals surface area contributed by atoms with Gasteiger partial charge in [0.2, 0.25) is 5.91 Å². The number of thiophene rings is 1. The van der Waals surface area contributed by atoms with Gasteiger partial charge in [-0.15, -0.1) is 11.3 Å². The number of hydrogen-bond donors (Lipinski definition) is 2. The molecule has 2 N–H and O–H groups in total. The van der Waals surface area contributed by atoms with E-state index in [4.69, 9.17) is 9.47 Å². The molecular weight excluding hydrogens is 374 g/mol. The number of carbonyl (C=O) groups excluding carboxylic acids is 3. The molecule has 0 saturated heterocycles. The quantitative estimate of drug-likeness (QED) is 0.561. The van der Waals surface area contributed by atoms with E-state index in [1.54, 1.807) is 26.0 Å². The number of allylic oxidation sites excluding steroid dienone is 2. The molecule has 2 rings (SSSR count). The molecule has 1 amide bonds. The highest BCUT2D eigenvalue weighted by Crippen LogP contribution is 2.36. The van der Waals surface area contributed by atoms with Crippen LogP contribution in [0.15, 0.2) is 12.2 Å². The van der Waals surface area contributed by atoms with Crippen LogP contribution in [0.4, 0.5) is 5.00 Å². The molecule has 1 aliphatic carbocycles. The molecule has 146 valence electrons. The maximum atomic E-state index is 12.7. The number of nitrogens with one attached hydrogen (secondary N) is 1. The molecule has 2 atom stereocenters. The maximum Gasteiger partial charge on any atom is 0.348 e. The Balaban J connectivity index is 2.36. The number of amides is 1. The number of methoxy groups -OCH3 is 1. The molecule has 0 spiro atoms. The molecule has 0 radical (unpaired) electrons. The molecule has 1 aliphatic rings. The number of hydrogen-bond acceptors (Lipinski definition) is 7. The van der Waals surface area contributed by atoms with Gasteiger partial charge in [0.1, 0.15) is 9.88 Å². The maximum absolute atomic E-state index is 12.7. The summed E-state index contributed by atoms with van der Waals surface area (Å²) >= 11 is 0.907. The van der Waals surface area contributed by atoms with Gasteiger partial charge in [-0.05, 0) is 32.3 Å². The van der Waals surface area contributed by atoms with Crippen LogP contribution < -0.4 is 5.32 Å². The molecule has 1 heterocycles. The van der Waals surface area contributed by atoms with Crippen LogP contribution in [0.3, 0.4) is 0 Å². The third-order valence-electron chi connectivity index (χ3n) is 4.32. The van der Waals surface area contributed by atoms with E-state index in [0.29, 0.717) is 5.56 Å². The van der Waals surface area contributed by atoms with E-state index in [1.807, 2.05) is 0 Å². The molecule has 0 saturated carbocycles.